The van der Waals surface area contributed by atoms with Crippen molar-refractivity contribution in [2.75, 3.05) is 0 Å². The Morgan fingerprint density at radius 3 is 2.40 bits per heavy atom. The lowest BCUT2D eigenvalue weighted by molar-refractivity contribution is 0.596. The van der Waals surface area contributed by atoms with Gasteiger partial charge in [0, 0.05) is 41.5 Å². The summed E-state index contributed by atoms with van der Waals surface area (Å²) in [6.07, 6.45) is 3.12. The number of nitrogens with zero attached hydrogens (tertiary/aromatic N) is 1. The second kappa shape index (κ2) is 8.15. The highest BCUT2D eigenvalue weighted by Gasteiger charge is 2.22. The number of aromatic nitrogens is 1. The lowest BCUT2D eigenvalue weighted by atomic mass is 9.82. The first-order valence-corrected chi connectivity index (χ1v) is 14.1. The molecule has 6 rings (SSSR count). The van der Waals surface area contributed by atoms with Crippen LogP contribution in [0.1, 0.15) is 50.6 Å². The van der Waals surface area contributed by atoms with Gasteiger partial charge < -0.3 is 0 Å². The number of rotatable bonds is 3. The fraction of sp³-hybridized carbons (Fsp3) is 0.281. The van der Waals surface area contributed by atoms with Gasteiger partial charge >= 0.3 is 0 Å². The fourth-order valence-corrected chi connectivity index (χ4v) is 7.88. The second-order valence-corrected chi connectivity index (χ2v) is 13.5. The van der Waals surface area contributed by atoms with Gasteiger partial charge in [0.2, 0.25) is 0 Å². The molecule has 0 amide bonds. The largest absolute Gasteiger partial charge is 0.256 e. The predicted molar refractivity (Wildman–Crippen MR) is 157 cm³/mol. The molecule has 0 spiro atoms. The maximum absolute atomic E-state index is 5.03. The Balaban J connectivity index is 1.71. The van der Waals surface area contributed by atoms with E-state index in [2.05, 4.69) is 96.1 Å². The zero-order valence-corrected chi connectivity index (χ0v) is 23.0. The van der Waals surface area contributed by atoms with Gasteiger partial charge in [0.25, 0.3) is 0 Å². The maximum atomic E-state index is 5.03. The van der Waals surface area contributed by atoms with Gasteiger partial charge in [0.05, 0.1) is 5.69 Å². The topological polar surface area (TPSA) is 12.9 Å². The van der Waals surface area contributed by atoms with Crippen molar-refractivity contribution in [3.8, 4) is 11.3 Å². The highest BCUT2D eigenvalue weighted by molar-refractivity contribution is 7.27. The van der Waals surface area contributed by atoms with E-state index < -0.39 is 0 Å². The van der Waals surface area contributed by atoms with E-state index in [-0.39, 0.29) is 5.41 Å². The van der Waals surface area contributed by atoms with Gasteiger partial charge in [0.1, 0.15) is 0 Å². The Hall–Kier alpha value is -2.75. The summed E-state index contributed by atoms with van der Waals surface area (Å²) in [6.45, 7) is 13.8. The average Bonchev–Trinajstić information content (AvgIpc) is 3.34. The minimum Gasteiger partial charge on any atom is -0.256 e. The van der Waals surface area contributed by atoms with Gasteiger partial charge in [-0.15, -0.1) is 22.7 Å². The van der Waals surface area contributed by atoms with Gasteiger partial charge in [-0.3, -0.25) is 4.98 Å². The van der Waals surface area contributed by atoms with Crippen LogP contribution in [0.2, 0.25) is 0 Å². The number of hydrogen-bond acceptors (Lipinski definition) is 3. The lowest BCUT2D eigenvalue weighted by Gasteiger charge is -2.23. The Labute approximate surface area is 215 Å². The highest BCUT2D eigenvalue weighted by atomic mass is 32.1. The normalized spacial score (nSPS) is 12.7. The van der Waals surface area contributed by atoms with E-state index in [0.717, 1.165) is 12.1 Å². The van der Waals surface area contributed by atoms with Crippen LogP contribution in [0.4, 0.5) is 0 Å². The van der Waals surface area contributed by atoms with Crippen molar-refractivity contribution in [2.24, 2.45) is 5.92 Å². The molecule has 6 aromatic rings. The van der Waals surface area contributed by atoms with Crippen molar-refractivity contribution >= 4 is 63.7 Å². The molecule has 3 aromatic heterocycles. The third-order valence-electron chi connectivity index (χ3n) is 7.06. The molecule has 0 unspecified atom stereocenters. The van der Waals surface area contributed by atoms with E-state index in [9.17, 15) is 0 Å². The lowest BCUT2D eigenvalue weighted by Crippen LogP contribution is -2.12. The summed E-state index contributed by atoms with van der Waals surface area (Å²) < 4.78 is 4.10. The van der Waals surface area contributed by atoms with Gasteiger partial charge in [-0.25, -0.2) is 0 Å². The molecule has 35 heavy (non-hydrogen) atoms. The molecule has 0 fully saturated rings. The molecule has 3 heteroatoms. The SMILES string of the molecule is Cc1sc2c(ccc3sc4ccnc(-c5cc(C(C)(C)C)c6ccccc6c5)c4c32)c1CC(C)C. The first-order valence-electron chi connectivity index (χ1n) is 12.5. The van der Waals surface area contributed by atoms with Gasteiger partial charge in [-0.1, -0.05) is 65.0 Å². The molecule has 0 aliphatic rings. The third-order valence-corrected chi connectivity index (χ3v) is 9.36. The zero-order valence-electron chi connectivity index (χ0n) is 21.3. The van der Waals surface area contributed by atoms with Crippen molar-refractivity contribution in [1.29, 1.82) is 0 Å². The maximum Gasteiger partial charge on any atom is 0.0795 e. The van der Waals surface area contributed by atoms with Crippen molar-refractivity contribution in [3.05, 3.63) is 76.8 Å². The van der Waals surface area contributed by atoms with Crippen molar-refractivity contribution in [2.45, 2.75) is 53.4 Å². The van der Waals surface area contributed by atoms with Crippen LogP contribution in [0.3, 0.4) is 0 Å². The molecule has 0 N–H and O–H groups in total. The zero-order chi connectivity index (χ0) is 24.5. The van der Waals surface area contributed by atoms with E-state index in [4.69, 9.17) is 4.98 Å². The molecule has 3 heterocycles. The summed E-state index contributed by atoms with van der Waals surface area (Å²) in [5, 5.41) is 6.74. The number of benzene rings is 3. The molecule has 0 saturated heterocycles. The molecule has 0 bridgehead atoms. The van der Waals surface area contributed by atoms with E-state index >= 15 is 0 Å². The molecule has 0 radical (unpaired) electrons. The molecule has 0 aliphatic carbocycles. The summed E-state index contributed by atoms with van der Waals surface area (Å²) in [5.41, 5.74) is 5.26. The monoisotopic (exact) mass is 493 g/mol. The summed E-state index contributed by atoms with van der Waals surface area (Å²) >= 11 is 3.86. The summed E-state index contributed by atoms with van der Waals surface area (Å²) in [7, 11) is 0. The van der Waals surface area contributed by atoms with E-state index in [0.29, 0.717) is 5.92 Å². The smallest absolute Gasteiger partial charge is 0.0795 e. The molecular formula is C32H31NS2. The number of fused-ring (bicyclic) bond motifs is 6. The molecule has 1 nitrogen and oxygen atoms in total. The van der Waals surface area contributed by atoms with Crippen LogP contribution in [-0.4, -0.2) is 4.98 Å². The minimum atomic E-state index is 0.0457. The average molecular weight is 494 g/mol. The summed E-state index contributed by atoms with van der Waals surface area (Å²) in [4.78, 5) is 6.48. The highest BCUT2D eigenvalue weighted by Crippen LogP contribution is 2.46. The predicted octanol–water partition coefficient (Wildman–Crippen LogP) is 10.3. The molecule has 0 atom stereocenters. The standard InChI is InChI=1S/C32H31NS2/c1-18(2)15-24-19(3)34-31-23(24)11-12-26-29(31)28-27(35-26)13-14-33-30(28)21-16-20-9-7-8-10-22(20)25(17-21)32(4,5)6/h7-14,16-18H,15H2,1-6H3. The summed E-state index contributed by atoms with van der Waals surface area (Å²) in [5.74, 6) is 0.645. The Kier molecular flexibility index (Phi) is 5.28. The Morgan fingerprint density at radius 2 is 1.63 bits per heavy atom. The van der Waals surface area contributed by atoms with Gasteiger partial charge in [-0.05, 0) is 76.2 Å². The van der Waals surface area contributed by atoms with Crippen molar-refractivity contribution in [3.63, 3.8) is 0 Å². The Morgan fingerprint density at radius 1 is 0.857 bits per heavy atom. The van der Waals surface area contributed by atoms with E-state index in [1.54, 1.807) is 0 Å². The first-order chi connectivity index (χ1) is 16.7. The number of thiophene rings is 2. The molecule has 0 saturated carbocycles. The molecule has 0 aliphatic heterocycles. The summed E-state index contributed by atoms with van der Waals surface area (Å²) in [6, 6.07) is 20.4. The molecule has 3 aromatic carbocycles. The van der Waals surface area contributed by atoms with Crippen LogP contribution >= 0.6 is 22.7 Å². The van der Waals surface area contributed by atoms with Crippen LogP contribution in [-0.2, 0) is 11.8 Å². The first kappa shape index (κ1) is 22.7. The minimum absolute atomic E-state index is 0.0457. The quantitative estimate of drug-likeness (QED) is 0.239. The Bertz CT molecular complexity index is 1740. The number of pyridine rings is 1. The van der Waals surface area contributed by atoms with Crippen LogP contribution in [0.15, 0.2) is 60.8 Å². The van der Waals surface area contributed by atoms with Crippen molar-refractivity contribution < 1.29 is 0 Å². The van der Waals surface area contributed by atoms with Gasteiger partial charge in [0.15, 0.2) is 0 Å². The van der Waals surface area contributed by atoms with Crippen LogP contribution in [0.5, 0.6) is 0 Å². The molecular weight excluding hydrogens is 462 g/mol. The fourth-order valence-electron chi connectivity index (χ4n) is 5.47. The van der Waals surface area contributed by atoms with Crippen LogP contribution < -0.4 is 0 Å². The van der Waals surface area contributed by atoms with E-state index in [1.807, 2.05) is 28.9 Å². The second-order valence-electron chi connectivity index (χ2n) is 11.2. The van der Waals surface area contributed by atoms with Crippen LogP contribution in [0, 0.1) is 12.8 Å². The van der Waals surface area contributed by atoms with Crippen molar-refractivity contribution in [1.82, 2.24) is 4.98 Å². The number of hydrogen-bond donors (Lipinski definition) is 0. The third kappa shape index (κ3) is 3.68. The van der Waals surface area contributed by atoms with Gasteiger partial charge in [-0.2, -0.15) is 0 Å². The van der Waals surface area contributed by atoms with Crippen LogP contribution in [0.25, 0.3) is 52.3 Å². The molecule has 176 valence electrons. The number of aryl methyl sites for hydroxylation is 1. The van der Waals surface area contributed by atoms with E-state index in [1.165, 1.54) is 62.6 Å².